The number of hydrogen-bond acceptors (Lipinski definition) is 2. The molecule has 0 aromatic heterocycles. The Kier molecular flexibility index (Phi) is 5.96. The van der Waals surface area contributed by atoms with Crippen molar-refractivity contribution in [1.29, 1.82) is 0 Å². The van der Waals surface area contributed by atoms with Gasteiger partial charge < -0.3 is 10.2 Å². The van der Waals surface area contributed by atoms with Crippen molar-refractivity contribution in [3.63, 3.8) is 0 Å². The molecule has 1 saturated heterocycles. The molecule has 2 atom stereocenters. The monoisotopic (exact) mass is 288 g/mol. The Morgan fingerprint density at radius 2 is 1.86 bits per heavy atom. The fourth-order valence-electron chi connectivity index (χ4n) is 3.18. The summed E-state index contributed by atoms with van der Waals surface area (Å²) in [6, 6.07) is 7.51. The summed E-state index contributed by atoms with van der Waals surface area (Å²) < 4.78 is 0. The van der Waals surface area contributed by atoms with Crippen LogP contribution in [0.15, 0.2) is 18.2 Å². The SMILES string of the molecule is CCC(C)CC(CC)Nc1ccc(N2CCCC2)cc1C. The van der Waals surface area contributed by atoms with E-state index in [1.165, 1.54) is 62.1 Å². The molecular formula is C19H32N2. The maximum Gasteiger partial charge on any atom is 0.0373 e. The topological polar surface area (TPSA) is 15.3 Å². The lowest BCUT2D eigenvalue weighted by Gasteiger charge is -2.24. The highest BCUT2D eigenvalue weighted by Gasteiger charge is 2.15. The highest BCUT2D eigenvalue weighted by Crippen LogP contribution is 2.27. The van der Waals surface area contributed by atoms with Gasteiger partial charge in [0, 0.05) is 30.5 Å². The summed E-state index contributed by atoms with van der Waals surface area (Å²) in [4.78, 5) is 2.51. The van der Waals surface area contributed by atoms with E-state index in [0.717, 1.165) is 5.92 Å². The molecule has 0 bridgehead atoms. The molecule has 0 amide bonds. The van der Waals surface area contributed by atoms with Crippen molar-refractivity contribution in [2.24, 2.45) is 5.92 Å². The van der Waals surface area contributed by atoms with Crippen molar-refractivity contribution in [1.82, 2.24) is 0 Å². The molecule has 118 valence electrons. The van der Waals surface area contributed by atoms with Crippen LogP contribution in [0.1, 0.15) is 58.4 Å². The normalized spacial score (nSPS) is 17.8. The molecular weight excluding hydrogens is 256 g/mol. The minimum absolute atomic E-state index is 0.594. The van der Waals surface area contributed by atoms with Crippen molar-refractivity contribution >= 4 is 11.4 Å². The Labute approximate surface area is 130 Å². The quantitative estimate of drug-likeness (QED) is 0.739. The number of anilines is 2. The zero-order valence-electron chi connectivity index (χ0n) is 14.3. The standard InChI is InChI=1S/C19H32N2/c1-5-15(3)13-17(6-2)20-19-10-9-18(14-16(19)4)21-11-7-8-12-21/h9-10,14-15,17,20H,5-8,11-13H2,1-4H3. The van der Waals surface area contributed by atoms with Gasteiger partial charge in [0.1, 0.15) is 0 Å². The maximum absolute atomic E-state index is 3.76. The van der Waals surface area contributed by atoms with E-state index < -0.39 is 0 Å². The average molecular weight is 288 g/mol. The maximum atomic E-state index is 3.76. The lowest BCUT2D eigenvalue weighted by molar-refractivity contribution is 0.461. The van der Waals surface area contributed by atoms with Crippen molar-refractivity contribution < 1.29 is 0 Å². The summed E-state index contributed by atoms with van der Waals surface area (Å²) in [6.45, 7) is 11.6. The lowest BCUT2D eigenvalue weighted by atomic mass is 9.97. The molecule has 0 saturated carbocycles. The lowest BCUT2D eigenvalue weighted by Crippen LogP contribution is -2.22. The van der Waals surface area contributed by atoms with Crippen LogP contribution in [0.3, 0.4) is 0 Å². The molecule has 2 rings (SSSR count). The number of hydrogen-bond donors (Lipinski definition) is 1. The van der Waals surface area contributed by atoms with Gasteiger partial charge in [0.2, 0.25) is 0 Å². The van der Waals surface area contributed by atoms with Gasteiger partial charge in [-0.3, -0.25) is 0 Å². The highest BCUT2D eigenvalue weighted by molar-refractivity contribution is 5.60. The Morgan fingerprint density at radius 3 is 2.43 bits per heavy atom. The number of nitrogens with one attached hydrogen (secondary N) is 1. The molecule has 1 N–H and O–H groups in total. The van der Waals surface area contributed by atoms with Crippen LogP contribution in [0.25, 0.3) is 0 Å². The summed E-state index contributed by atoms with van der Waals surface area (Å²) in [5, 5.41) is 3.76. The first kappa shape index (κ1) is 16.2. The third kappa shape index (κ3) is 4.39. The van der Waals surface area contributed by atoms with E-state index in [4.69, 9.17) is 0 Å². The van der Waals surface area contributed by atoms with E-state index in [0.29, 0.717) is 6.04 Å². The summed E-state index contributed by atoms with van der Waals surface area (Å²) in [7, 11) is 0. The third-order valence-corrected chi connectivity index (χ3v) is 4.92. The molecule has 1 aliphatic heterocycles. The summed E-state index contributed by atoms with van der Waals surface area (Å²) in [5.74, 6) is 0.798. The van der Waals surface area contributed by atoms with Gasteiger partial charge in [-0.1, -0.05) is 27.2 Å². The van der Waals surface area contributed by atoms with Crippen LogP contribution in [0.2, 0.25) is 0 Å². The van der Waals surface area contributed by atoms with Gasteiger partial charge in [0.25, 0.3) is 0 Å². The molecule has 0 aliphatic carbocycles. The Balaban J connectivity index is 2.02. The average Bonchev–Trinajstić information content (AvgIpc) is 3.02. The molecule has 1 heterocycles. The Hall–Kier alpha value is -1.18. The van der Waals surface area contributed by atoms with Gasteiger partial charge in [-0.25, -0.2) is 0 Å². The van der Waals surface area contributed by atoms with Crippen molar-refractivity contribution in [2.45, 2.75) is 65.8 Å². The molecule has 0 radical (unpaired) electrons. The second-order valence-corrected chi connectivity index (χ2v) is 6.69. The molecule has 2 nitrogen and oxygen atoms in total. The number of aryl methyl sites for hydroxylation is 1. The van der Waals surface area contributed by atoms with E-state index in [1.54, 1.807) is 0 Å². The van der Waals surface area contributed by atoms with E-state index in [2.05, 4.69) is 56.1 Å². The van der Waals surface area contributed by atoms with Gasteiger partial charge in [-0.2, -0.15) is 0 Å². The fraction of sp³-hybridized carbons (Fsp3) is 0.684. The van der Waals surface area contributed by atoms with Gasteiger partial charge in [-0.05, 0) is 62.3 Å². The van der Waals surface area contributed by atoms with Gasteiger partial charge in [0.05, 0.1) is 0 Å². The van der Waals surface area contributed by atoms with Gasteiger partial charge in [0.15, 0.2) is 0 Å². The first-order valence-electron chi connectivity index (χ1n) is 8.76. The molecule has 1 aromatic carbocycles. The van der Waals surface area contributed by atoms with E-state index in [-0.39, 0.29) is 0 Å². The smallest absolute Gasteiger partial charge is 0.0373 e. The molecule has 0 spiro atoms. The predicted molar refractivity (Wildman–Crippen MR) is 94.4 cm³/mol. The van der Waals surface area contributed by atoms with Gasteiger partial charge >= 0.3 is 0 Å². The molecule has 21 heavy (non-hydrogen) atoms. The minimum atomic E-state index is 0.594. The van der Waals surface area contributed by atoms with E-state index >= 15 is 0 Å². The number of benzene rings is 1. The summed E-state index contributed by atoms with van der Waals surface area (Å²) in [6.07, 6.45) is 6.40. The zero-order valence-corrected chi connectivity index (χ0v) is 14.3. The van der Waals surface area contributed by atoms with Crippen LogP contribution in [0.5, 0.6) is 0 Å². The largest absolute Gasteiger partial charge is 0.382 e. The fourth-order valence-corrected chi connectivity index (χ4v) is 3.18. The van der Waals surface area contributed by atoms with Crippen LogP contribution in [-0.4, -0.2) is 19.1 Å². The first-order valence-corrected chi connectivity index (χ1v) is 8.76. The number of nitrogens with zero attached hydrogens (tertiary/aromatic N) is 1. The zero-order chi connectivity index (χ0) is 15.2. The van der Waals surface area contributed by atoms with Crippen LogP contribution < -0.4 is 10.2 Å². The Morgan fingerprint density at radius 1 is 1.14 bits per heavy atom. The van der Waals surface area contributed by atoms with Crippen LogP contribution in [0, 0.1) is 12.8 Å². The molecule has 1 aliphatic rings. The van der Waals surface area contributed by atoms with E-state index in [1.807, 2.05) is 0 Å². The molecule has 1 aromatic rings. The van der Waals surface area contributed by atoms with Gasteiger partial charge in [-0.15, -0.1) is 0 Å². The van der Waals surface area contributed by atoms with Crippen molar-refractivity contribution in [3.05, 3.63) is 23.8 Å². The predicted octanol–water partition coefficient (Wildman–Crippen LogP) is 5.22. The van der Waals surface area contributed by atoms with E-state index in [9.17, 15) is 0 Å². The molecule has 2 heteroatoms. The second-order valence-electron chi connectivity index (χ2n) is 6.69. The number of rotatable bonds is 7. The minimum Gasteiger partial charge on any atom is -0.382 e. The summed E-state index contributed by atoms with van der Waals surface area (Å²) >= 11 is 0. The van der Waals surface area contributed by atoms with Crippen LogP contribution in [-0.2, 0) is 0 Å². The molecule has 2 unspecified atom stereocenters. The van der Waals surface area contributed by atoms with Crippen LogP contribution in [0.4, 0.5) is 11.4 Å². The molecule has 1 fully saturated rings. The highest BCUT2D eigenvalue weighted by atomic mass is 15.1. The first-order chi connectivity index (χ1) is 10.1. The van der Waals surface area contributed by atoms with Crippen molar-refractivity contribution in [3.8, 4) is 0 Å². The van der Waals surface area contributed by atoms with Crippen LogP contribution >= 0.6 is 0 Å². The summed E-state index contributed by atoms with van der Waals surface area (Å²) in [5.41, 5.74) is 4.08. The Bertz CT molecular complexity index is 435. The third-order valence-electron chi connectivity index (χ3n) is 4.92. The second kappa shape index (κ2) is 7.72. The van der Waals surface area contributed by atoms with Crippen molar-refractivity contribution in [2.75, 3.05) is 23.3 Å².